The van der Waals surface area contributed by atoms with Gasteiger partial charge in [0.2, 0.25) is 17.7 Å². The van der Waals surface area contributed by atoms with Crippen LogP contribution >= 0.6 is 0 Å². The zero-order valence-electron chi connectivity index (χ0n) is 30.2. The number of ether oxygens (including phenoxy) is 3. The lowest BCUT2D eigenvalue weighted by Crippen LogP contribution is -2.55. The molecule has 2 aliphatic heterocycles. The number of carboxylic acid groups (broad SMARTS) is 1. The maximum Gasteiger partial charge on any atom is 0.326 e. The highest BCUT2D eigenvalue weighted by Crippen LogP contribution is 2.35. The number of methoxy groups -OCH3 is 1. The van der Waals surface area contributed by atoms with Gasteiger partial charge in [0.1, 0.15) is 41.5 Å². The number of benzene rings is 3. The molecular formula is C41H46N4O8. The summed E-state index contributed by atoms with van der Waals surface area (Å²) in [5.74, 6) is -0.529. The molecule has 3 amide bonds. The van der Waals surface area contributed by atoms with Crippen molar-refractivity contribution in [2.45, 2.75) is 76.6 Å². The molecule has 278 valence electrons. The molecule has 12 nitrogen and oxygen atoms in total. The highest BCUT2D eigenvalue weighted by molar-refractivity contribution is 5.94. The number of carboxylic acids is 1. The number of carbonyl (C=O) groups excluding carboxylic acids is 3. The zero-order chi connectivity index (χ0) is 37.5. The third-order valence-corrected chi connectivity index (χ3v) is 9.63. The fraction of sp³-hybridized carbons (Fsp3) is 0.390. The Labute approximate surface area is 308 Å². The van der Waals surface area contributed by atoms with Crippen LogP contribution in [0.1, 0.15) is 51.5 Å². The Kier molecular flexibility index (Phi) is 11.8. The quantitative estimate of drug-likeness (QED) is 0.212. The van der Waals surface area contributed by atoms with Crippen LogP contribution in [0.5, 0.6) is 17.2 Å². The van der Waals surface area contributed by atoms with Crippen molar-refractivity contribution >= 4 is 34.6 Å². The van der Waals surface area contributed by atoms with Crippen molar-refractivity contribution in [1.82, 2.24) is 20.5 Å². The third-order valence-electron chi connectivity index (χ3n) is 9.63. The van der Waals surface area contributed by atoms with E-state index in [4.69, 9.17) is 19.2 Å². The number of hydrogen-bond donors (Lipinski definition) is 3. The summed E-state index contributed by atoms with van der Waals surface area (Å²) in [6.07, 6.45) is 0.996. The first-order valence-electron chi connectivity index (χ1n) is 18.1. The standard InChI is InChI=1S/C41H46N4O8/c1-25(2)14-17-38(46)43-35-20-26-9-7-12-29(19-26)52-18-8-13-32(41(49)50)44-39(47)36-22-30(24-45(36)40(35)48)53-37-23-33(27-10-5-4-6-11-27)42-34-21-28(51-3)15-16-31(34)37/h4-7,9-12,15-16,19,21,23,25,30,32,35-36H,8,13-14,17-18,20,22,24H2,1-3H3,(H,43,46)(H,44,47)(H,49,50)/t30-,32-,35-,36+/m1/s1. The molecule has 0 aliphatic carbocycles. The molecule has 4 aromatic rings. The van der Waals surface area contributed by atoms with Crippen LogP contribution in [0.4, 0.5) is 0 Å². The summed E-state index contributed by atoms with van der Waals surface area (Å²) >= 11 is 0. The van der Waals surface area contributed by atoms with E-state index in [-0.39, 0.29) is 50.7 Å². The maximum absolute atomic E-state index is 14.6. The van der Waals surface area contributed by atoms with Crippen molar-refractivity contribution in [3.8, 4) is 28.5 Å². The van der Waals surface area contributed by atoms with E-state index in [0.29, 0.717) is 46.7 Å². The Morgan fingerprint density at radius 3 is 2.62 bits per heavy atom. The third kappa shape index (κ3) is 9.24. The summed E-state index contributed by atoms with van der Waals surface area (Å²) in [5, 5.41) is 16.4. The highest BCUT2D eigenvalue weighted by atomic mass is 16.5. The van der Waals surface area contributed by atoms with Crippen LogP contribution in [0, 0.1) is 5.92 Å². The molecule has 6 rings (SSSR count). The zero-order valence-corrected chi connectivity index (χ0v) is 30.2. The summed E-state index contributed by atoms with van der Waals surface area (Å²) < 4.78 is 18.0. The second-order valence-corrected chi connectivity index (χ2v) is 14.0. The van der Waals surface area contributed by atoms with E-state index >= 15 is 0 Å². The van der Waals surface area contributed by atoms with Gasteiger partial charge in [-0.2, -0.15) is 0 Å². The van der Waals surface area contributed by atoms with Crippen LogP contribution in [0.2, 0.25) is 0 Å². The van der Waals surface area contributed by atoms with Gasteiger partial charge in [-0.3, -0.25) is 14.4 Å². The lowest BCUT2D eigenvalue weighted by Gasteiger charge is -2.29. The van der Waals surface area contributed by atoms with Gasteiger partial charge in [-0.25, -0.2) is 9.78 Å². The molecule has 2 aliphatic rings. The Hall–Kier alpha value is -5.65. The van der Waals surface area contributed by atoms with Gasteiger partial charge in [-0.1, -0.05) is 56.3 Å². The van der Waals surface area contributed by atoms with Gasteiger partial charge >= 0.3 is 5.97 Å². The number of nitrogens with one attached hydrogen (secondary N) is 2. The minimum Gasteiger partial charge on any atom is -0.497 e. The molecule has 0 unspecified atom stereocenters. The van der Waals surface area contributed by atoms with Crippen molar-refractivity contribution in [3.05, 3.63) is 84.4 Å². The lowest BCUT2D eigenvalue weighted by atomic mass is 10.0. The molecule has 4 atom stereocenters. The molecule has 53 heavy (non-hydrogen) atoms. The molecule has 1 fully saturated rings. The molecule has 1 saturated heterocycles. The number of aromatic nitrogens is 1. The first-order chi connectivity index (χ1) is 25.6. The van der Waals surface area contributed by atoms with E-state index in [1.807, 2.05) is 86.6 Å². The first-order valence-corrected chi connectivity index (χ1v) is 18.1. The molecule has 0 radical (unpaired) electrons. The summed E-state index contributed by atoms with van der Waals surface area (Å²) in [7, 11) is 1.58. The van der Waals surface area contributed by atoms with E-state index in [9.17, 15) is 24.3 Å². The lowest BCUT2D eigenvalue weighted by molar-refractivity contribution is -0.145. The van der Waals surface area contributed by atoms with Crippen LogP contribution in [-0.2, 0) is 25.6 Å². The van der Waals surface area contributed by atoms with Crippen LogP contribution in [0.15, 0.2) is 78.9 Å². The fourth-order valence-corrected chi connectivity index (χ4v) is 6.80. The van der Waals surface area contributed by atoms with Crippen LogP contribution in [-0.4, -0.2) is 83.2 Å². The number of rotatable bonds is 9. The van der Waals surface area contributed by atoms with Gasteiger partial charge in [0.05, 0.1) is 31.5 Å². The van der Waals surface area contributed by atoms with Gasteiger partial charge < -0.3 is 34.9 Å². The number of carbonyl (C=O) groups is 4. The molecule has 0 saturated carbocycles. The second kappa shape index (κ2) is 16.8. The summed E-state index contributed by atoms with van der Waals surface area (Å²) in [5.41, 5.74) is 2.95. The van der Waals surface area contributed by atoms with Crippen molar-refractivity contribution in [3.63, 3.8) is 0 Å². The number of aliphatic carboxylic acids is 1. The second-order valence-electron chi connectivity index (χ2n) is 14.0. The van der Waals surface area contributed by atoms with E-state index in [1.54, 1.807) is 13.2 Å². The molecule has 3 heterocycles. The Morgan fingerprint density at radius 2 is 1.87 bits per heavy atom. The molecule has 3 aromatic carbocycles. The van der Waals surface area contributed by atoms with Crippen LogP contribution in [0.25, 0.3) is 22.2 Å². The van der Waals surface area contributed by atoms with Gasteiger partial charge in [0, 0.05) is 42.3 Å². The van der Waals surface area contributed by atoms with Crippen LogP contribution < -0.4 is 24.8 Å². The Bertz CT molecular complexity index is 1950. The molecule has 12 heteroatoms. The Morgan fingerprint density at radius 1 is 1.06 bits per heavy atom. The fourth-order valence-electron chi connectivity index (χ4n) is 6.80. The number of pyridine rings is 1. The number of hydrogen-bond acceptors (Lipinski definition) is 8. The average molecular weight is 723 g/mol. The highest BCUT2D eigenvalue weighted by Gasteiger charge is 2.44. The van der Waals surface area contributed by atoms with E-state index < -0.39 is 42.0 Å². The molecular weight excluding hydrogens is 676 g/mol. The van der Waals surface area contributed by atoms with Gasteiger partial charge in [-0.15, -0.1) is 0 Å². The van der Waals surface area contributed by atoms with Crippen molar-refractivity contribution < 1.29 is 38.5 Å². The summed E-state index contributed by atoms with van der Waals surface area (Å²) in [6.45, 7) is 4.31. The monoisotopic (exact) mass is 722 g/mol. The Balaban J connectivity index is 1.36. The number of nitrogens with zero attached hydrogens (tertiary/aromatic N) is 2. The van der Waals surface area contributed by atoms with Crippen molar-refractivity contribution in [2.24, 2.45) is 5.92 Å². The predicted octanol–water partition coefficient (Wildman–Crippen LogP) is 5.16. The van der Waals surface area contributed by atoms with Crippen LogP contribution in [0.3, 0.4) is 0 Å². The predicted molar refractivity (Wildman–Crippen MR) is 199 cm³/mol. The number of amides is 3. The molecule has 3 N–H and O–H groups in total. The van der Waals surface area contributed by atoms with Crippen molar-refractivity contribution in [1.29, 1.82) is 0 Å². The maximum atomic E-state index is 14.6. The van der Waals surface area contributed by atoms with E-state index in [0.717, 1.165) is 11.1 Å². The topological polar surface area (TPSA) is 156 Å². The van der Waals surface area contributed by atoms with Gasteiger partial charge in [0.15, 0.2) is 0 Å². The minimum absolute atomic E-state index is 0.0246. The van der Waals surface area contributed by atoms with E-state index in [1.165, 1.54) is 4.90 Å². The smallest absolute Gasteiger partial charge is 0.326 e. The normalized spacial score (nSPS) is 20.8. The largest absolute Gasteiger partial charge is 0.497 e. The number of fused-ring (bicyclic) bond motifs is 4. The summed E-state index contributed by atoms with van der Waals surface area (Å²) in [4.78, 5) is 60.4. The minimum atomic E-state index is -1.20. The molecule has 2 bridgehead atoms. The molecule has 0 spiro atoms. The summed E-state index contributed by atoms with van der Waals surface area (Å²) in [6, 6.07) is 21.0. The molecule has 1 aromatic heterocycles. The average Bonchev–Trinajstić information content (AvgIpc) is 3.58. The first kappa shape index (κ1) is 37.1. The van der Waals surface area contributed by atoms with Crippen molar-refractivity contribution in [2.75, 3.05) is 20.3 Å². The SMILES string of the molecule is COc1ccc2c(O[C@@H]3C[C@H]4C(=O)N[C@@H](C(=O)O)CCCOc5cccc(c5)C[C@@H](NC(=O)CCC(C)C)C(=O)N4C3)cc(-c3ccccc3)nc2c1. The van der Waals surface area contributed by atoms with Gasteiger partial charge in [-0.05, 0) is 55.0 Å². The van der Waals surface area contributed by atoms with Gasteiger partial charge in [0.25, 0.3) is 0 Å². The van der Waals surface area contributed by atoms with E-state index in [2.05, 4.69) is 10.6 Å².